The zero-order valence-corrected chi connectivity index (χ0v) is 11.6. The molecule has 0 heterocycles. The fourth-order valence-electron chi connectivity index (χ4n) is 1.89. The van der Waals surface area contributed by atoms with Crippen LogP contribution in [0.3, 0.4) is 0 Å². The molecule has 0 saturated carbocycles. The highest BCUT2D eigenvalue weighted by Gasteiger charge is 2.33. The van der Waals surface area contributed by atoms with Gasteiger partial charge in [0.25, 0.3) is 0 Å². The highest BCUT2D eigenvalue weighted by Crippen LogP contribution is 2.24. The first kappa shape index (κ1) is 14.4. The second-order valence-corrected chi connectivity index (χ2v) is 4.77. The molecule has 0 amide bonds. The van der Waals surface area contributed by atoms with Gasteiger partial charge in [-0.1, -0.05) is 48.1 Å². The minimum Gasteiger partial charge on any atom is -0.480 e. The summed E-state index contributed by atoms with van der Waals surface area (Å²) in [6.45, 7) is 1.58. The van der Waals surface area contributed by atoms with Crippen molar-refractivity contribution in [3.8, 4) is 24.2 Å². The number of carboxylic acid groups (broad SMARTS) is 1. The summed E-state index contributed by atoms with van der Waals surface area (Å²) in [5.41, 5.74) is 0.691. The molecule has 0 aromatic heterocycles. The molecule has 2 aromatic carbocycles. The van der Waals surface area contributed by atoms with Crippen molar-refractivity contribution in [3.63, 3.8) is 0 Å². The van der Waals surface area contributed by atoms with Gasteiger partial charge in [-0.25, -0.2) is 0 Å². The monoisotopic (exact) mass is 274 g/mol. The molecule has 0 aliphatic rings. The molecule has 0 saturated heterocycles. The smallest absolute Gasteiger partial charge is 0.326 e. The van der Waals surface area contributed by atoms with Gasteiger partial charge in [0, 0.05) is 11.1 Å². The molecule has 102 valence electrons. The average molecular weight is 274 g/mol. The van der Waals surface area contributed by atoms with Crippen LogP contribution in [0.1, 0.15) is 23.6 Å². The van der Waals surface area contributed by atoms with Gasteiger partial charge in [0.1, 0.15) is 0 Å². The Morgan fingerprint density at radius 3 is 2.38 bits per heavy atom. The van der Waals surface area contributed by atoms with E-state index >= 15 is 0 Å². The summed E-state index contributed by atoms with van der Waals surface area (Å²) in [4.78, 5) is 11.7. The van der Waals surface area contributed by atoms with Crippen molar-refractivity contribution in [1.82, 2.24) is 0 Å². The van der Waals surface area contributed by atoms with E-state index in [2.05, 4.69) is 17.8 Å². The van der Waals surface area contributed by atoms with E-state index < -0.39 is 11.4 Å². The van der Waals surface area contributed by atoms with E-state index in [1.807, 2.05) is 30.3 Å². The third-order valence-electron chi connectivity index (χ3n) is 3.26. The molecular formula is C19H14O2. The quantitative estimate of drug-likeness (QED) is 0.855. The number of carboxylic acids is 1. The minimum absolute atomic E-state index is 0.578. The van der Waals surface area contributed by atoms with Crippen LogP contribution < -0.4 is 0 Å². The van der Waals surface area contributed by atoms with Crippen LogP contribution in [0.4, 0.5) is 0 Å². The highest BCUT2D eigenvalue weighted by molar-refractivity contribution is 5.85. The van der Waals surface area contributed by atoms with Crippen LogP contribution >= 0.6 is 0 Å². The third kappa shape index (κ3) is 3.14. The van der Waals surface area contributed by atoms with E-state index in [1.165, 1.54) is 0 Å². The van der Waals surface area contributed by atoms with Crippen molar-refractivity contribution in [2.45, 2.75) is 12.3 Å². The zero-order valence-electron chi connectivity index (χ0n) is 11.6. The van der Waals surface area contributed by atoms with Crippen molar-refractivity contribution in [1.29, 1.82) is 0 Å². The molecule has 2 nitrogen and oxygen atoms in total. The molecule has 0 aliphatic carbocycles. The Morgan fingerprint density at radius 1 is 1.10 bits per heavy atom. The van der Waals surface area contributed by atoms with Crippen molar-refractivity contribution in [3.05, 3.63) is 71.3 Å². The van der Waals surface area contributed by atoms with Crippen molar-refractivity contribution >= 4 is 5.97 Å². The standard InChI is InChI=1S/C19H14O2/c1-3-15-10-7-11-17(14-15)19(2,18(20)21)13-12-16-8-5-4-6-9-16/h1,4-11,14H,2H3,(H,20,21). The van der Waals surface area contributed by atoms with E-state index in [1.54, 1.807) is 31.2 Å². The number of aliphatic carboxylic acids is 1. The summed E-state index contributed by atoms with van der Waals surface area (Å²) in [5.74, 6) is 7.29. The Hall–Kier alpha value is -2.97. The lowest BCUT2D eigenvalue weighted by Gasteiger charge is -2.19. The van der Waals surface area contributed by atoms with Crippen LogP contribution in [-0.2, 0) is 10.2 Å². The van der Waals surface area contributed by atoms with Crippen LogP contribution in [0.2, 0.25) is 0 Å². The Kier molecular flexibility index (Phi) is 4.12. The van der Waals surface area contributed by atoms with Crippen LogP contribution in [0.5, 0.6) is 0 Å². The zero-order chi connectivity index (χ0) is 15.3. The number of carbonyl (C=O) groups is 1. The number of terminal acetylenes is 1. The lowest BCUT2D eigenvalue weighted by Crippen LogP contribution is -2.30. The molecule has 0 bridgehead atoms. The van der Waals surface area contributed by atoms with Crippen LogP contribution in [0, 0.1) is 24.2 Å². The summed E-state index contributed by atoms with van der Waals surface area (Å²) in [5, 5.41) is 9.57. The first-order valence-electron chi connectivity index (χ1n) is 6.45. The number of benzene rings is 2. The highest BCUT2D eigenvalue weighted by atomic mass is 16.4. The van der Waals surface area contributed by atoms with Gasteiger partial charge in [-0.15, -0.1) is 6.42 Å². The third-order valence-corrected chi connectivity index (χ3v) is 3.26. The maximum Gasteiger partial charge on any atom is 0.326 e. The van der Waals surface area contributed by atoms with Crippen LogP contribution in [-0.4, -0.2) is 11.1 Å². The first-order chi connectivity index (χ1) is 10.1. The molecule has 0 fully saturated rings. The van der Waals surface area contributed by atoms with Gasteiger partial charge in [0.05, 0.1) is 0 Å². The lowest BCUT2D eigenvalue weighted by molar-refractivity contribution is -0.140. The molecular weight excluding hydrogens is 260 g/mol. The van der Waals surface area contributed by atoms with Gasteiger partial charge in [0.15, 0.2) is 5.41 Å². The van der Waals surface area contributed by atoms with Crippen LogP contribution in [0.15, 0.2) is 54.6 Å². The second kappa shape index (κ2) is 5.99. The molecule has 0 spiro atoms. The van der Waals surface area contributed by atoms with Crippen LogP contribution in [0.25, 0.3) is 0 Å². The van der Waals surface area contributed by atoms with E-state index in [0.29, 0.717) is 11.1 Å². The molecule has 2 rings (SSSR count). The van der Waals surface area contributed by atoms with E-state index in [9.17, 15) is 9.90 Å². The Morgan fingerprint density at radius 2 is 1.76 bits per heavy atom. The average Bonchev–Trinajstić information content (AvgIpc) is 2.53. The lowest BCUT2D eigenvalue weighted by atomic mass is 9.82. The summed E-state index contributed by atoms with van der Waals surface area (Å²) in [6.07, 6.45) is 5.37. The van der Waals surface area contributed by atoms with E-state index in [4.69, 9.17) is 6.42 Å². The molecule has 2 heteroatoms. The molecule has 1 atom stereocenters. The number of hydrogen-bond donors (Lipinski definition) is 1. The Bertz CT molecular complexity index is 757. The number of hydrogen-bond acceptors (Lipinski definition) is 1. The first-order valence-corrected chi connectivity index (χ1v) is 6.45. The van der Waals surface area contributed by atoms with Crippen molar-refractivity contribution in [2.75, 3.05) is 0 Å². The molecule has 21 heavy (non-hydrogen) atoms. The van der Waals surface area contributed by atoms with Gasteiger partial charge >= 0.3 is 5.97 Å². The van der Waals surface area contributed by atoms with Gasteiger partial charge in [-0.05, 0) is 36.8 Å². The fourth-order valence-corrected chi connectivity index (χ4v) is 1.89. The predicted molar refractivity (Wildman–Crippen MR) is 82.7 cm³/mol. The SMILES string of the molecule is C#Cc1cccc(C(C)(C#Cc2ccccc2)C(=O)O)c1. The van der Waals surface area contributed by atoms with Crippen molar-refractivity contribution in [2.24, 2.45) is 0 Å². The Labute approximate surface area is 124 Å². The number of rotatable bonds is 2. The van der Waals surface area contributed by atoms with E-state index in [0.717, 1.165) is 5.56 Å². The summed E-state index contributed by atoms with van der Waals surface area (Å²) >= 11 is 0. The normalized spacial score (nSPS) is 12.4. The summed E-state index contributed by atoms with van der Waals surface area (Å²) < 4.78 is 0. The van der Waals surface area contributed by atoms with Gasteiger partial charge in [-0.3, -0.25) is 4.79 Å². The van der Waals surface area contributed by atoms with Gasteiger partial charge in [-0.2, -0.15) is 0 Å². The molecule has 2 aromatic rings. The van der Waals surface area contributed by atoms with Gasteiger partial charge < -0.3 is 5.11 Å². The molecule has 0 aliphatic heterocycles. The maximum absolute atomic E-state index is 11.7. The minimum atomic E-state index is -1.30. The topological polar surface area (TPSA) is 37.3 Å². The summed E-state index contributed by atoms with van der Waals surface area (Å²) in [7, 11) is 0. The molecule has 0 radical (unpaired) electrons. The van der Waals surface area contributed by atoms with E-state index in [-0.39, 0.29) is 0 Å². The van der Waals surface area contributed by atoms with Crippen molar-refractivity contribution < 1.29 is 9.90 Å². The fraction of sp³-hybridized carbons (Fsp3) is 0.105. The predicted octanol–water partition coefficient (Wildman–Crippen LogP) is 3.06. The largest absolute Gasteiger partial charge is 0.480 e. The molecule has 1 unspecified atom stereocenters. The van der Waals surface area contributed by atoms with Gasteiger partial charge in [0.2, 0.25) is 0 Å². The summed E-state index contributed by atoms with van der Waals surface area (Å²) in [6, 6.07) is 16.2. The molecule has 1 N–H and O–H groups in total. The maximum atomic E-state index is 11.7. The second-order valence-electron chi connectivity index (χ2n) is 4.77. The Balaban J connectivity index is 2.49.